The van der Waals surface area contributed by atoms with Gasteiger partial charge in [-0.3, -0.25) is 4.79 Å². The highest BCUT2D eigenvalue weighted by Crippen LogP contribution is 2.25. The molecule has 1 aliphatic heterocycles. The molecule has 1 atom stereocenters. The van der Waals surface area contributed by atoms with Gasteiger partial charge in [-0.2, -0.15) is 0 Å². The van der Waals surface area contributed by atoms with E-state index in [2.05, 4.69) is 0 Å². The number of rotatable bonds is 5. The second-order valence-corrected chi connectivity index (χ2v) is 10.2. The summed E-state index contributed by atoms with van der Waals surface area (Å²) in [6, 6.07) is 10.2. The smallest absolute Gasteiger partial charge is 0.339 e. The monoisotopic (exact) mass is 407 g/mol. The van der Waals surface area contributed by atoms with Gasteiger partial charge in [-0.15, -0.1) is 11.3 Å². The molecule has 27 heavy (non-hydrogen) atoms. The molecular weight excluding hydrogens is 386 g/mol. The van der Waals surface area contributed by atoms with Crippen LogP contribution < -0.4 is 4.90 Å². The van der Waals surface area contributed by atoms with Gasteiger partial charge in [0.1, 0.15) is 0 Å². The predicted octanol–water partition coefficient (Wildman–Crippen LogP) is 2.74. The second kappa shape index (κ2) is 7.82. The van der Waals surface area contributed by atoms with E-state index in [1.807, 2.05) is 19.9 Å². The number of hydrogen-bond acceptors (Lipinski definition) is 6. The fraction of sp³-hybridized carbons (Fsp3) is 0.368. The molecule has 0 spiro atoms. The fourth-order valence-electron chi connectivity index (χ4n) is 3.23. The molecule has 1 aromatic carbocycles. The highest BCUT2D eigenvalue weighted by Gasteiger charge is 2.35. The first-order valence-corrected chi connectivity index (χ1v) is 11.2. The molecule has 144 valence electrons. The zero-order valence-corrected chi connectivity index (χ0v) is 16.8. The van der Waals surface area contributed by atoms with Crippen LogP contribution in [0.15, 0.2) is 36.4 Å². The van der Waals surface area contributed by atoms with Crippen molar-refractivity contribution in [2.45, 2.75) is 26.3 Å². The van der Waals surface area contributed by atoms with Crippen molar-refractivity contribution in [2.75, 3.05) is 23.0 Å². The molecule has 0 N–H and O–H groups in total. The van der Waals surface area contributed by atoms with Gasteiger partial charge in [0, 0.05) is 15.4 Å². The molecule has 1 aliphatic rings. The SMILES string of the molecule is Cc1cc(C(=O)OCC(=O)N(c2ccccc2)[C@@H]2CCS(=O)(=O)C2)c(C)s1. The number of esters is 1. The molecule has 2 heterocycles. The third kappa shape index (κ3) is 4.56. The van der Waals surface area contributed by atoms with Gasteiger partial charge in [-0.25, -0.2) is 13.2 Å². The molecule has 0 aliphatic carbocycles. The van der Waals surface area contributed by atoms with Crippen LogP contribution in [0.5, 0.6) is 0 Å². The van der Waals surface area contributed by atoms with E-state index in [0.29, 0.717) is 17.7 Å². The first-order chi connectivity index (χ1) is 12.8. The summed E-state index contributed by atoms with van der Waals surface area (Å²) >= 11 is 1.49. The van der Waals surface area contributed by atoms with E-state index in [9.17, 15) is 18.0 Å². The average molecular weight is 408 g/mol. The minimum absolute atomic E-state index is 0.0570. The molecule has 0 unspecified atom stereocenters. The highest BCUT2D eigenvalue weighted by molar-refractivity contribution is 7.91. The van der Waals surface area contributed by atoms with Gasteiger partial charge in [0.15, 0.2) is 16.4 Å². The van der Waals surface area contributed by atoms with Crippen molar-refractivity contribution >= 4 is 38.7 Å². The minimum Gasteiger partial charge on any atom is -0.452 e. The maximum absolute atomic E-state index is 12.8. The molecule has 8 heteroatoms. The maximum atomic E-state index is 12.8. The lowest BCUT2D eigenvalue weighted by molar-refractivity contribution is -0.122. The highest BCUT2D eigenvalue weighted by atomic mass is 32.2. The summed E-state index contributed by atoms with van der Waals surface area (Å²) in [6.07, 6.45) is 0.375. The van der Waals surface area contributed by atoms with Crippen molar-refractivity contribution in [1.82, 2.24) is 0 Å². The van der Waals surface area contributed by atoms with E-state index in [0.717, 1.165) is 9.75 Å². The van der Waals surface area contributed by atoms with Crippen molar-refractivity contribution < 1.29 is 22.7 Å². The number of benzene rings is 1. The lowest BCUT2D eigenvalue weighted by atomic mass is 10.2. The van der Waals surface area contributed by atoms with Gasteiger partial charge in [0.2, 0.25) is 0 Å². The Hall–Kier alpha value is -2.19. The zero-order valence-electron chi connectivity index (χ0n) is 15.2. The van der Waals surface area contributed by atoms with Crippen molar-refractivity contribution in [3.63, 3.8) is 0 Å². The summed E-state index contributed by atoms with van der Waals surface area (Å²) in [5, 5.41) is 0. The van der Waals surface area contributed by atoms with Crippen molar-refractivity contribution in [3.05, 3.63) is 51.7 Å². The van der Waals surface area contributed by atoms with E-state index in [1.165, 1.54) is 16.2 Å². The molecule has 1 fully saturated rings. The van der Waals surface area contributed by atoms with Crippen LogP contribution in [0.1, 0.15) is 26.5 Å². The van der Waals surface area contributed by atoms with Crippen LogP contribution in [0, 0.1) is 13.8 Å². The normalized spacial score (nSPS) is 18.2. The quantitative estimate of drug-likeness (QED) is 0.712. The minimum atomic E-state index is -3.16. The Balaban J connectivity index is 1.75. The molecule has 0 saturated carbocycles. The number of para-hydroxylation sites is 1. The first kappa shape index (κ1) is 19.6. The summed E-state index contributed by atoms with van der Waals surface area (Å²) in [6.45, 7) is 3.30. The number of ether oxygens (including phenoxy) is 1. The maximum Gasteiger partial charge on any atom is 0.339 e. The molecule has 1 aromatic heterocycles. The molecular formula is C19H21NO5S2. The van der Waals surface area contributed by atoms with Crippen LogP contribution in [0.2, 0.25) is 0 Å². The van der Waals surface area contributed by atoms with E-state index in [4.69, 9.17) is 4.74 Å². The van der Waals surface area contributed by atoms with Gasteiger partial charge >= 0.3 is 5.97 Å². The Morgan fingerprint density at radius 3 is 2.48 bits per heavy atom. The Labute approximate surface area is 162 Å². The lowest BCUT2D eigenvalue weighted by Crippen LogP contribution is -2.43. The van der Waals surface area contributed by atoms with Gasteiger partial charge < -0.3 is 9.64 Å². The van der Waals surface area contributed by atoms with Gasteiger partial charge in [0.05, 0.1) is 23.1 Å². The van der Waals surface area contributed by atoms with Gasteiger partial charge in [-0.05, 0) is 38.5 Å². The Kier molecular flexibility index (Phi) is 5.67. The van der Waals surface area contributed by atoms with Crippen LogP contribution in [0.4, 0.5) is 5.69 Å². The summed E-state index contributed by atoms with van der Waals surface area (Å²) in [7, 11) is -3.16. The molecule has 2 aromatic rings. The largest absolute Gasteiger partial charge is 0.452 e. The summed E-state index contributed by atoms with van der Waals surface area (Å²) in [5.74, 6) is -0.996. The topological polar surface area (TPSA) is 80.8 Å². The number of nitrogens with zero attached hydrogens (tertiary/aromatic N) is 1. The average Bonchev–Trinajstić information content (AvgIpc) is 3.15. The van der Waals surface area contributed by atoms with Crippen LogP contribution in [-0.2, 0) is 19.4 Å². The first-order valence-electron chi connectivity index (χ1n) is 8.58. The Bertz CT molecular complexity index is 950. The van der Waals surface area contributed by atoms with Crippen molar-refractivity contribution in [3.8, 4) is 0 Å². The summed E-state index contributed by atoms with van der Waals surface area (Å²) in [5.41, 5.74) is 1.06. The van der Waals surface area contributed by atoms with Crippen LogP contribution >= 0.6 is 11.3 Å². The summed E-state index contributed by atoms with van der Waals surface area (Å²) in [4.78, 5) is 28.4. The van der Waals surface area contributed by atoms with Crippen molar-refractivity contribution in [2.24, 2.45) is 0 Å². The van der Waals surface area contributed by atoms with E-state index >= 15 is 0 Å². The summed E-state index contributed by atoms with van der Waals surface area (Å²) < 4.78 is 29.0. The molecule has 0 radical (unpaired) electrons. The number of amides is 1. The molecule has 6 nitrogen and oxygen atoms in total. The molecule has 1 saturated heterocycles. The molecule has 3 rings (SSSR count). The third-order valence-corrected chi connectivity index (χ3v) is 7.18. The number of hydrogen-bond donors (Lipinski definition) is 0. The molecule has 0 bridgehead atoms. The second-order valence-electron chi connectivity index (χ2n) is 6.56. The van der Waals surface area contributed by atoms with Crippen LogP contribution in [0.3, 0.4) is 0 Å². The number of thiophene rings is 1. The van der Waals surface area contributed by atoms with Gasteiger partial charge in [-0.1, -0.05) is 18.2 Å². The van der Waals surface area contributed by atoms with Crippen LogP contribution in [-0.4, -0.2) is 44.4 Å². The van der Waals surface area contributed by atoms with E-state index in [1.54, 1.807) is 30.3 Å². The number of carbonyl (C=O) groups is 2. The number of sulfone groups is 1. The Morgan fingerprint density at radius 1 is 1.22 bits per heavy atom. The predicted molar refractivity (Wildman–Crippen MR) is 105 cm³/mol. The van der Waals surface area contributed by atoms with Gasteiger partial charge in [0.25, 0.3) is 5.91 Å². The van der Waals surface area contributed by atoms with Crippen molar-refractivity contribution in [1.29, 1.82) is 0 Å². The Morgan fingerprint density at radius 2 is 1.93 bits per heavy atom. The number of anilines is 1. The zero-order chi connectivity index (χ0) is 19.6. The standard InChI is InChI=1S/C19H21NO5S2/c1-13-10-17(14(2)26-13)19(22)25-11-18(21)20(15-6-4-3-5-7-15)16-8-9-27(23,24)12-16/h3-7,10,16H,8-9,11-12H2,1-2H3/t16-/m1/s1. The fourth-order valence-corrected chi connectivity index (χ4v) is 5.85. The third-order valence-electron chi connectivity index (χ3n) is 4.46. The van der Waals surface area contributed by atoms with Crippen LogP contribution in [0.25, 0.3) is 0 Å². The van der Waals surface area contributed by atoms with E-state index < -0.39 is 34.4 Å². The van der Waals surface area contributed by atoms with E-state index in [-0.39, 0.29) is 11.5 Å². The lowest BCUT2D eigenvalue weighted by Gasteiger charge is -2.28. The number of carbonyl (C=O) groups excluding carboxylic acids is 2. The molecule has 1 amide bonds. The number of aryl methyl sites for hydroxylation is 2.